The van der Waals surface area contributed by atoms with Crippen LogP contribution < -0.4 is 5.32 Å². The van der Waals surface area contributed by atoms with Crippen molar-refractivity contribution < 1.29 is 0 Å². The average molecular weight is 292 g/mol. The molecule has 0 aromatic heterocycles. The molecule has 112 valence electrons. The van der Waals surface area contributed by atoms with E-state index in [9.17, 15) is 0 Å². The van der Waals surface area contributed by atoms with E-state index >= 15 is 0 Å². The van der Waals surface area contributed by atoms with Gasteiger partial charge < -0.3 is 5.32 Å². The molecular formula is C17H28N2S. The molecule has 2 rings (SSSR count). The molecule has 1 unspecified atom stereocenters. The average Bonchev–Trinajstić information content (AvgIpc) is 2.46. The molecule has 0 saturated carbocycles. The highest BCUT2D eigenvalue weighted by molar-refractivity contribution is 7.98. The standard InChI is InChI=1S/C17H28N2S/c1-14(2)18-11-16-5-4-10-19(13-16)12-15-6-8-17(20-3)9-7-15/h6-9,14,16,18H,4-5,10-13H2,1-3H3. The number of hydrogen-bond acceptors (Lipinski definition) is 3. The van der Waals surface area contributed by atoms with Gasteiger partial charge in [-0.2, -0.15) is 0 Å². The predicted molar refractivity (Wildman–Crippen MR) is 89.4 cm³/mol. The normalized spacial score (nSPS) is 20.5. The molecule has 3 heteroatoms. The van der Waals surface area contributed by atoms with E-state index in [2.05, 4.69) is 54.6 Å². The number of piperidine rings is 1. The van der Waals surface area contributed by atoms with Crippen LogP contribution in [0.25, 0.3) is 0 Å². The van der Waals surface area contributed by atoms with Crippen LogP contribution in [0.15, 0.2) is 29.2 Å². The first-order valence-corrected chi connectivity index (χ1v) is 8.98. The summed E-state index contributed by atoms with van der Waals surface area (Å²) < 4.78 is 0. The van der Waals surface area contributed by atoms with Crippen LogP contribution in [0.2, 0.25) is 0 Å². The van der Waals surface area contributed by atoms with Gasteiger partial charge in [0, 0.05) is 24.0 Å². The molecule has 2 nitrogen and oxygen atoms in total. The summed E-state index contributed by atoms with van der Waals surface area (Å²) in [5.41, 5.74) is 1.44. The summed E-state index contributed by atoms with van der Waals surface area (Å²) in [6.07, 6.45) is 4.85. The van der Waals surface area contributed by atoms with Crippen LogP contribution >= 0.6 is 11.8 Å². The Balaban J connectivity index is 1.82. The summed E-state index contributed by atoms with van der Waals surface area (Å²) in [6.45, 7) is 9.22. The Morgan fingerprint density at radius 2 is 2.05 bits per heavy atom. The fourth-order valence-corrected chi connectivity index (χ4v) is 3.26. The Labute approximate surface area is 128 Å². The van der Waals surface area contributed by atoms with Crippen LogP contribution in [0.1, 0.15) is 32.3 Å². The third-order valence-electron chi connectivity index (χ3n) is 3.98. The van der Waals surface area contributed by atoms with Crippen molar-refractivity contribution in [2.45, 2.75) is 44.2 Å². The minimum atomic E-state index is 0.601. The minimum absolute atomic E-state index is 0.601. The van der Waals surface area contributed by atoms with Crippen molar-refractivity contribution in [2.24, 2.45) is 5.92 Å². The highest BCUT2D eigenvalue weighted by atomic mass is 32.2. The Morgan fingerprint density at radius 3 is 2.70 bits per heavy atom. The number of rotatable bonds is 6. The first-order valence-electron chi connectivity index (χ1n) is 7.76. The summed E-state index contributed by atoms with van der Waals surface area (Å²) >= 11 is 1.81. The van der Waals surface area contributed by atoms with Gasteiger partial charge in [0.15, 0.2) is 0 Å². The van der Waals surface area contributed by atoms with Gasteiger partial charge in [-0.15, -0.1) is 11.8 Å². The lowest BCUT2D eigenvalue weighted by molar-refractivity contribution is 0.164. The van der Waals surface area contributed by atoms with Crippen LogP contribution in [-0.2, 0) is 6.54 Å². The lowest BCUT2D eigenvalue weighted by atomic mass is 9.97. The fourth-order valence-electron chi connectivity index (χ4n) is 2.85. The molecule has 1 aliphatic rings. The zero-order valence-electron chi connectivity index (χ0n) is 13.1. The van der Waals surface area contributed by atoms with E-state index in [1.54, 1.807) is 0 Å². The second-order valence-electron chi connectivity index (χ2n) is 6.15. The Hall–Kier alpha value is -0.510. The van der Waals surface area contributed by atoms with Crippen LogP contribution in [0.5, 0.6) is 0 Å². The van der Waals surface area contributed by atoms with Crippen molar-refractivity contribution in [2.75, 3.05) is 25.9 Å². The lowest BCUT2D eigenvalue weighted by Gasteiger charge is -2.33. The number of nitrogens with one attached hydrogen (secondary N) is 1. The minimum Gasteiger partial charge on any atom is -0.314 e. The molecule has 1 aromatic rings. The van der Waals surface area contributed by atoms with E-state index in [-0.39, 0.29) is 0 Å². The third-order valence-corrected chi connectivity index (χ3v) is 4.73. The first-order chi connectivity index (χ1) is 9.67. The highest BCUT2D eigenvalue weighted by Gasteiger charge is 2.19. The van der Waals surface area contributed by atoms with Crippen LogP contribution in [0, 0.1) is 5.92 Å². The molecule has 1 saturated heterocycles. The summed E-state index contributed by atoms with van der Waals surface area (Å²) in [4.78, 5) is 3.97. The van der Waals surface area contributed by atoms with E-state index in [4.69, 9.17) is 0 Å². The highest BCUT2D eigenvalue weighted by Crippen LogP contribution is 2.20. The Bertz CT molecular complexity index is 388. The molecule has 0 radical (unpaired) electrons. The van der Waals surface area contributed by atoms with Crippen molar-refractivity contribution >= 4 is 11.8 Å². The van der Waals surface area contributed by atoms with E-state index < -0.39 is 0 Å². The van der Waals surface area contributed by atoms with E-state index in [0.29, 0.717) is 6.04 Å². The maximum absolute atomic E-state index is 3.59. The fraction of sp³-hybridized carbons (Fsp3) is 0.647. The molecular weight excluding hydrogens is 264 g/mol. The third kappa shape index (κ3) is 5.12. The Morgan fingerprint density at radius 1 is 1.30 bits per heavy atom. The lowest BCUT2D eigenvalue weighted by Crippen LogP contribution is -2.40. The monoisotopic (exact) mass is 292 g/mol. The van der Waals surface area contributed by atoms with Crippen LogP contribution in [-0.4, -0.2) is 36.8 Å². The topological polar surface area (TPSA) is 15.3 Å². The van der Waals surface area contributed by atoms with Crippen LogP contribution in [0.3, 0.4) is 0 Å². The second-order valence-corrected chi connectivity index (χ2v) is 7.03. The van der Waals surface area contributed by atoms with E-state index in [1.165, 1.54) is 42.9 Å². The number of hydrogen-bond donors (Lipinski definition) is 1. The van der Waals surface area contributed by atoms with Crippen molar-refractivity contribution in [3.05, 3.63) is 29.8 Å². The zero-order chi connectivity index (χ0) is 14.4. The molecule has 1 heterocycles. The maximum Gasteiger partial charge on any atom is 0.0233 e. The largest absolute Gasteiger partial charge is 0.314 e. The van der Waals surface area contributed by atoms with Crippen molar-refractivity contribution in [1.29, 1.82) is 0 Å². The summed E-state index contributed by atoms with van der Waals surface area (Å²) in [6, 6.07) is 9.64. The summed E-state index contributed by atoms with van der Waals surface area (Å²) in [5, 5.41) is 3.59. The van der Waals surface area contributed by atoms with Gasteiger partial charge in [-0.05, 0) is 55.8 Å². The van der Waals surface area contributed by atoms with Gasteiger partial charge in [0.25, 0.3) is 0 Å². The molecule has 1 aliphatic heterocycles. The van der Waals surface area contributed by atoms with Gasteiger partial charge in [0.2, 0.25) is 0 Å². The summed E-state index contributed by atoms with van der Waals surface area (Å²) in [7, 11) is 0. The molecule has 0 bridgehead atoms. The number of nitrogens with zero attached hydrogens (tertiary/aromatic N) is 1. The molecule has 1 aromatic carbocycles. The Kier molecular flexibility index (Phi) is 6.40. The molecule has 0 spiro atoms. The molecule has 0 aliphatic carbocycles. The predicted octanol–water partition coefficient (Wildman–Crippen LogP) is 3.62. The molecule has 20 heavy (non-hydrogen) atoms. The van der Waals surface area contributed by atoms with Gasteiger partial charge in [0.05, 0.1) is 0 Å². The number of benzene rings is 1. The van der Waals surface area contributed by atoms with Crippen molar-refractivity contribution in [3.63, 3.8) is 0 Å². The zero-order valence-corrected chi connectivity index (χ0v) is 13.9. The molecule has 0 amide bonds. The van der Waals surface area contributed by atoms with Gasteiger partial charge in [-0.3, -0.25) is 4.90 Å². The van der Waals surface area contributed by atoms with Gasteiger partial charge >= 0.3 is 0 Å². The van der Waals surface area contributed by atoms with E-state index in [1.807, 2.05) is 11.8 Å². The van der Waals surface area contributed by atoms with E-state index in [0.717, 1.165) is 12.5 Å². The number of likely N-dealkylation sites (tertiary alicyclic amines) is 1. The van der Waals surface area contributed by atoms with Crippen molar-refractivity contribution in [1.82, 2.24) is 10.2 Å². The molecule has 1 atom stereocenters. The summed E-state index contributed by atoms with van der Waals surface area (Å²) in [5.74, 6) is 0.816. The molecule has 1 N–H and O–H groups in total. The number of thioether (sulfide) groups is 1. The smallest absolute Gasteiger partial charge is 0.0233 e. The van der Waals surface area contributed by atoms with Gasteiger partial charge in [-0.25, -0.2) is 0 Å². The quantitative estimate of drug-likeness (QED) is 0.806. The first kappa shape index (κ1) is 15.9. The van der Waals surface area contributed by atoms with Gasteiger partial charge in [-0.1, -0.05) is 26.0 Å². The van der Waals surface area contributed by atoms with Crippen LogP contribution in [0.4, 0.5) is 0 Å². The second kappa shape index (κ2) is 8.06. The van der Waals surface area contributed by atoms with Crippen molar-refractivity contribution in [3.8, 4) is 0 Å². The SMILES string of the molecule is CSc1ccc(CN2CCCC(CNC(C)C)C2)cc1. The van der Waals surface area contributed by atoms with Gasteiger partial charge in [0.1, 0.15) is 0 Å². The molecule has 1 fully saturated rings. The maximum atomic E-state index is 3.59.